The van der Waals surface area contributed by atoms with Gasteiger partial charge in [-0.1, -0.05) is 0 Å². The largest absolute Gasteiger partial charge is 0.493 e. The lowest BCUT2D eigenvalue weighted by Gasteiger charge is -2.15. The van der Waals surface area contributed by atoms with Crippen LogP contribution in [0.25, 0.3) is 0 Å². The van der Waals surface area contributed by atoms with Gasteiger partial charge in [-0.05, 0) is 44.5 Å². The first kappa shape index (κ1) is 14.0. The molecule has 106 valence electrons. The molecule has 0 aromatic heterocycles. The second-order valence-electron chi connectivity index (χ2n) is 4.87. The number of hydrogen-bond acceptors (Lipinski definition) is 4. The van der Waals surface area contributed by atoms with E-state index < -0.39 is 0 Å². The van der Waals surface area contributed by atoms with Crippen molar-refractivity contribution in [3.63, 3.8) is 0 Å². The maximum Gasteiger partial charge on any atom is 0.163 e. The minimum Gasteiger partial charge on any atom is -0.493 e. The molecule has 1 aromatic rings. The molecule has 1 fully saturated rings. The Kier molecular flexibility index (Phi) is 5.33. The highest BCUT2D eigenvalue weighted by Gasteiger charge is 2.11. The Balaban J connectivity index is 1.80. The minimum absolute atomic E-state index is 0.736. The number of likely N-dealkylation sites (tertiary alicyclic amines) is 1. The lowest BCUT2D eigenvalue weighted by atomic mass is 10.2. The number of methoxy groups -OCH3 is 1. The Labute approximate surface area is 115 Å². The van der Waals surface area contributed by atoms with Crippen molar-refractivity contribution in [3.8, 4) is 11.5 Å². The monoisotopic (exact) mass is 264 g/mol. The molecule has 4 nitrogen and oxygen atoms in total. The summed E-state index contributed by atoms with van der Waals surface area (Å²) in [7, 11) is 3.57. The van der Waals surface area contributed by atoms with Crippen LogP contribution in [0.5, 0.6) is 11.5 Å². The van der Waals surface area contributed by atoms with Gasteiger partial charge in [0, 0.05) is 25.3 Å². The van der Waals surface area contributed by atoms with Crippen LogP contribution in [-0.4, -0.2) is 45.3 Å². The molecular formula is C15H24N2O2. The number of benzene rings is 1. The third-order valence-electron chi connectivity index (χ3n) is 3.53. The topological polar surface area (TPSA) is 33.7 Å². The van der Waals surface area contributed by atoms with E-state index >= 15 is 0 Å². The van der Waals surface area contributed by atoms with Gasteiger partial charge in [0.2, 0.25) is 0 Å². The second kappa shape index (κ2) is 7.24. The van der Waals surface area contributed by atoms with Gasteiger partial charge < -0.3 is 19.7 Å². The molecule has 1 saturated heterocycles. The first-order valence-corrected chi connectivity index (χ1v) is 7.04. The predicted octanol–water partition coefficient (Wildman–Crippen LogP) is 2.60. The summed E-state index contributed by atoms with van der Waals surface area (Å²) in [4.78, 5) is 2.50. The van der Waals surface area contributed by atoms with E-state index in [2.05, 4.69) is 10.2 Å². The van der Waals surface area contributed by atoms with Crippen molar-refractivity contribution in [1.82, 2.24) is 4.90 Å². The molecule has 0 unspecified atom stereocenters. The van der Waals surface area contributed by atoms with Crippen LogP contribution in [0, 0.1) is 0 Å². The van der Waals surface area contributed by atoms with Gasteiger partial charge in [-0.15, -0.1) is 0 Å². The molecule has 1 aliphatic heterocycles. The van der Waals surface area contributed by atoms with Crippen LogP contribution in [0.3, 0.4) is 0 Å². The van der Waals surface area contributed by atoms with Crippen molar-refractivity contribution in [2.45, 2.75) is 19.3 Å². The molecule has 1 aromatic carbocycles. The summed E-state index contributed by atoms with van der Waals surface area (Å²) in [6, 6.07) is 5.90. The van der Waals surface area contributed by atoms with Crippen molar-refractivity contribution >= 4 is 5.69 Å². The summed E-state index contributed by atoms with van der Waals surface area (Å²) in [5.41, 5.74) is 1.04. The smallest absolute Gasteiger partial charge is 0.163 e. The van der Waals surface area contributed by atoms with Gasteiger partial charge in [0.25, 0.3) is 0 Å². The fourth-order valence-corrected chi connectivity index (χ4v) is 2.42. The molecule has 0 radical (unpaired) electrons. The van der Waals surface area contributed by atoms with Crippen molar-refractivity contribution < 1.29 is 9.47 Å². The van der Waals surface area contributed by atoms with E-state index in [1.54, 1.807) is 7.11 Å². The fourth-order valence-electron chi connectivity index (χ4n) is 2.42. The average Bonchev–Trinajstić information content (AvgIpc) is 2.96. The van der Waals surface area contributed by atoms with E-state index in [9.17, 15) is 0 Å². The molecule has 1 heterocycles. The first-order chi connectivity index (χ1) is 9.33. The van der Waals surface area contributed by atoms with E-state index in [1.165, 1.54) is 25.9 Å². The summed E-state index contributed by atoms with van der Waals surface area (Å²) < 4.78 is 11.2. The van der Waals surface area contributed by atoms with Gasteiger partial charge >= 0.3 is 0 Å². The Bertz CT molecular complexity index is 390. The maximum atomic E-state index is 5.84. The second-order valence-corrected chi connectivity index (χ2v) is 4.87. The van der Waals surface area contributed by atoms with Crippen molar-refractivity contribution in [2.75, 3.05) is 45.7 Å². The molecular weight excluding hydrogens is 240 g/mol. The van der Waals surface area contributed by atoms with Crippen molar-refractivity contribution in [3.05, 3.63) is 18.2 Å². The van der Waals surface area contributed by atoms with Crippen LogP contribution >= 0.6 is 0 Å². The predicted molar refractivity (Wildman–Crippen MR) is 78.3 cm³/mol. The number of nitrogens with one attached hydrogen (secondary N) is 1. The molecule has 0 saturated carbocycles. The van der Waals surface area contributed by atoms with E-state index in [-0.39, 0.29) is 0 Å². The molecule has 0 aliphatic carbocycles. The van der Waals surface area contributed by atoms with Crippen LogP contribution in [0.15, 0.2) is 18.2 Å². The molecule has 1 aliphatic rings. The number of rotatable bonds is 7. The third kappa shape index (κ3) is 4.03. The Morgan fingerprint density at radius 2 is 2.00 bits per heavy atom. The summed E-state index contributed by atoms with van der Waals surface area (Å²) in [5.74, 6) is 1.61. The Hall–Kier alpha value is -1.42. The van der Waals surface area contributed by atoms with Crippen LogP contribution in [-0.2, 0) is 0 Å². The van der Waals surface area contributed by atoms with Gasteiger partial charge in [0.15, 0.2) is 11.5 Å². The zero-order valence-corrected chi connectivity index (χ0v) is 11.9. The van der Waals surface area contributed by atoms with Crippen molar-refractivity contribution in [1.29, 1.82) is 0 Å². The number of anilines is 1. The molecule has 0 atom stereocenters. The highest BCUT2D eigenvalue weighted by atomic mass is 16.5. The average molecular weight is 264 g/mol. The lowest BCUT2D eigenvalue weighted by molar-refractivity contribution is 0.254. The summed E-state index contributed by atoms with van der Waals surface area (Å²) in [6.45, 7) is 4.37. The number of hydrogen-bond donors (Lipinski definition) is 1. The van der Waals surface area contributed by atoms with Gasteiger partial charge in [-0.25, -0.2) is 0 Å². The molecule has 4 heteroatoms. The highest BCUT2D eigenvalue weighted by Crippen LogP contribution is 2.30. The van der Waals surface area contributed by atoms with Crippen LogP contribution in [0.1, 0.15) is 19.3 Å². The molecule has 0 amide bonds. The van der Waals surface area contributed by atoms with E-state index in [4.69, 9.17) is 9.47 Å². The third-order valence-corrected chi connectivity index (χ3v) is 3.53. The van der Waals surface area contributed by atoms with Crippen LogP contribution in [0.2, 0.25) is 0 Å². The summed E-state index contributed by atoms with van der Waals surface area (Å²) in [5, 5.41) is 3.11. The van der Waals surface area contributed by atoms with Crippen LogP contribution < -0.4 is 14.8 Å². The minimum atomic E-state index is 0.736. The summed E-state index contributed by atoms with van der Waals surface area (Å²) in [6.07, 6.45) is 3.75. The number of nitrogens with zero attached hydrogens (tertiary/aromatic N) is 1. The Morgan fingerprint density at radius 3 is 2.68 bits per heavy atom. The SMILES string of the molecule is CNc1ccc(OC)c(OCCCN2CCCC2)c1. The van der Waals surface area contributed by atoms with E-state index in [0.717, 1.165) is 36.8 Å². The zero-order valence-electron chi connectivity index (χ0n) is 11.9. The van der Waals surface area contributed by atoms with Gasteiger partial charge in [-0.2, -0.15) is 0 Å². The molecule has 0 spiro atoms. The Morgan fingerprint density at radius 1 is 1.21 bits per heavy atom. The lowest BCUT2D eigenvalue weighted by Crippen LogP contribution is -2.21. The van der Waals surface area contributed by atoms with E-state index in [0.29, 0.717) is 0 Å². The molecule has 2 rings (SSSR count). The molecule has 0 bridgehead atoms. The molecule has 1 N–H and O–H groups in total. The van der Waals surface area contributed by atoms with E-state index in [1.807, 2.05) is 25.2 Å². The maximum absolute atomic E-state index is 5.84. The summed E-state index contributed by atoms with van der Waals surface area (Å²) >= 11 is 0. The normalized spacial score (nSPS) is 15.5. The highest BCUT2D eigenvalue weighted by molar-refractivity contribution is 5.54. The fraction of sp³-hybridized carbons (Fsp3) is 0.600. The first-order valence-electron chi connectivity index (χ1n) is 7.04. The van der Waals surface area contributed by atoms with Gasteiger partial charge in [-0.3, -0.25) is 0 Å². The van der Waals surface area contributed by atoms with Crippen LogP contribution in [0.4, 0.5) is 5.69 Å². The quantitative estimate of drug-likeness (QED) is 0.768. The van der Waals surface area contributed by atoms with Crippen molar-refractivity contribution in [2.24, 2.45) is 0 Å². The van der Waals surface area contributed by atoms with Gasteiger partial charge in [0.1, 0.15) is 0 Å². The van der Waals surface area contributed by atoms with Gasteiger partial charge in [0.05, 0.1) is 13.7 Å². The number of ether oxygens (including phenoxy) is 2. The standard InChI is InChI=1S/C15H24N2O2/c1-16-13-6-7-14(18-2)15(12-13)19-11-5-10-17-8-3-4-9-17/h6-7,12,16H,3-5,8-11H2,1-2H3. The molecule has 19 heavy (non-hydrogen) atoms. The zero-order chi connectivity index (χ0) is 13.5.